The normalized spacial score (nSPS) is 17.3. The summed E-state index contributed by atoms with van der Waals surface area (Å²) in [6.45, 7) is 7.44. The predicted octanol–water partition coefficient (Wildman–Crippen LogP) is 1.85. The van der Waals surface area contributed by atoms with Gasteiger partial charge < -0.3 is 10.2 Å². The van der Waals surface area contributed by atoms with Crippen molar-refractivity contribution >= 4 is 19.6 Å². The average molecular weight is 296 g/mol. The highest BCUT2D eigenvalue weighted by Gasteiger charge is 2.31. The molecule has 0 fully saturated rings. The standard InChI is InChI=1S/C15H24O4Si/c1-10-11(6-5-7-20(2,3)4)15(19)13(9-17)12(8-16)14(10)18/h16-17H,5-9H2,1-4H3. The molecule has 1 rings (SSSR count). The molecule has 4 nitrogen and oxygen atoms in total. The molecule has 0 bridgehead atoms. The Labute approximate surface area is 121 Å². The van der Waals surface area contributed by atoms with Crippen molar-refractivity contribution in [3.05, 3.63) is 22.3 Å². The van der Waals surface area contributed by atoms with Crippen LogP contribution < -0.4 is 0 Å². The van der Waals surface area contributed by atoms with Crippen LogP contribution in [0.3, 0.4) is 0 Å². The summed E-state index contributed by atoms with van der Waals surface area (Å²) >= 11 is 0. The summed E-state index contributed by atoms with van der Waals surface area (Å²) < 4.78 is 0. The average Bonchev–Trinajstić information content (AvgIpc) is 2.36. The molecule has 0 amide bonds. The molecule has 0 aromatic carbocycles. The molecule has 0 aromatic rings. The fraction of sp³-hybridized carbons (Fsp3) is 0.600. The first-order valence-corrected chi connectivity index (χ1v) is 10.7. The Morgan fingerprint density at radius 3 is 1.85 bits per heavy atom. The Hall–Kier alpha value is -1.04. The molecule has 0 radical (unpaired) electrons. The second kappa shape index (κ2) is 6.61. The lowest BCUT2D eigenvalue weighted by atomic mass is 9.83. The number of Topliss-reactive ketones (excluding diaryl/α,β-unsaturated/α-hetero) is 2. The van der Waals surface area contributed by atoms with Crippen LogP contribution >= 0.6 is 0 Å². The van der Waals surface area contributed by atoms with Gasteiger partial charge in [0.05, 0.1) is 13.2 Å². The summed E-state index contributed by atoms with van der Waals surface area (Å²) in [6, 6.07) is 1.09. The molecule has 0 saturated heterocycles. The van der Waals surface area contributed by atoms with Gasteiger partial charge in [-0.1, -0.05) is 32.1 Å². The van der Waals surface area contributed by atoms with E-state index in [1.165, 1.54) is 0 Å². The first kappa shape index (κ1) is 17.0. The van der Waals surface area contributed by atoms with Crippen molar-refractivity contribution in [3.63, 3.8) is 0 Å². The maximum atomic E-state index is 12.3. The van der Waals surface area contributed by atoms with Crippen molar-refractivity contribution in [2.75, 3.05) is 13.2 Å². The first-order chi connectivity index (χ1) is 9.22. The predicted molar refractivity (Wildman–Crippen MR) is 81.3 cm³/mol. The molecule has 1 aliphatic rings. The van der Waals surface area contributed by atoms with Gasteiger partial charge in [0, 0.05) is 30.4 Å². The summed E-state index contributed by atoms with van der Waals surface area (Å²) in [6.07, 6.45) is 1.46. The summed E-state index contributed by atoms with van der Waals surface area (Å²) in [7, 11) is -1.17. The third-order valence-electron chi connectivity index (χ3n) is 3.65. The molecule has 1 aliphatic carbocycles. The molecule has 0 saturated carbocycles. The van der Waals surface area contributed by atoms with Gasteiger partial charge in [-0.2, -0.15) is 0 Å². The lowest BCUT2D eigenvalue weighted by Gasteiger charge is -2.21. The molecule has 0 aromatic heterocycles. The SMILES string of the molecule is CC1=C(CCC[Si](C)(C)C)C(=O)C(CO)=C(CO)C1=O. The topological polar surface area (TPSA) is 74.6 Å². The summed E-state index contributed by atoms with van der Waals surface area (Å²) in [4.78, 5) is 24.4. The van der Waals surface area contributed by atoms with E-state index in [-0.39, 0.29) is 22.7 Å². The van der Waals surface area contributed by atoms with E-state index in [0.29, 0.717) is 17.6 Å². The van der Waals surface area contributed by atoms with Gasteiger partial charge in [-0.05, 0) is 13.3 Å². The van der Waals surface area contributed by atoms with Crippen LogP contribution in [0.5, 0.6) is 0 Å². The Morgan fingerprint density at radius 1 is 0.900 bits per heavy atom. The van der Waals surface area contributed by atoms with Crippen LogP contribution in [0.25, 0.3) is 0 Å². The number of allylic oxidation sites excluding steroid dienone is 2. The van der Waals surface area contributed by atoms with Crippen molar-refractivity contribution in [2.24, 2.45) is 0 Å². The van der Waals surface area contributed by atoms with Gasteiger partial charge in [0.15, 0.2) is 11.6 Å². The zero-order chi connectivity index (χ0) is 15.5. The highest BCUT2D eigenvalue weighted by Crippen LogP contribution is 2.28. The van der Waals surface area contributed by atoms with Crippen molar-refractivity contribution in [1.82, 2.24) is 0 Å². The van der Waals surface area contributed by atoms with Gasteiger partial charge in [0.1, 0.15) is 0 Å². The lowest BCUT2D eigenvalue weighted by Crippen LogP contribution is -2.27. The van der Waals surface area contributed by atoms with Crippen LogP contribution in [0.2, 0.25) is 25.7 Å². The second-order valence-electron chi connectivity index (χ2n) is 6.45. The monoisotopic (exact) mass is 296 g/mol. The third-order valence-corrected chi connectivity index (χ3v) is 5.50. The maximum Gasteiger partial charge on any atom is 0.188 e. The highest BCUT2D eigenvalue weighted by molar-refractivity contribution is 6.76. The minimum absolute atomic E-state index is 0.0453. The summed E-state index contributed by atoms with van der Waals surface area (Å²) in [5, 5.41) is 18.5. The fourth-order valence-electron chi connectivity index (χ4n) is 2.42. The van der Waals surface area contributed by atoms with Gasteiger partial charge in [0.25, 0.3) is 0 Å². The van der Waals surface area contributed by atoms with Crippen LogP contribution in [0.15, 0.2) is 22.3 Å². The molecule has 0 heterocycles. The number of rotatable bonds is 6. The fourth-order valence-corrected chi connectivity index (χ4v) is 3.66. The van der Waals surface area contributed by atoms with E-state index in [9.17, 15) is 19.8 Å². The Balaban J connectivity index is 2.95. The third kappa shape index (κ3) is 3.74. The van der Waals surface area contributed by atoms with Crippen molar-refractivity contribution in [2.45, 2.75) is 45.5 Å². The minimum Gasteiger partial charge on any atom is -0.392 e. The van der Waals surface area contributed by atoms with E-state index >= 15 is 0 Å². The van der Waals surface area contributed by atoms with Gasteiger partial charge >= 0.3 is 0 Å². The number of hydrogen-bond donors (Lipinski definition) is 2. The van der Waals surface area contributed by atoms with E-state index in [1.807, 2.05) is 0 Å². The molecular formula is C15H24O4Si. The van der Waals surface area contributed by atoms with Crippen LogP contribution in [0.1, 0.15) is 19.8 Å². The number of aliphatic hydroxyl groups is 2. The Kier molecular flexibility index (Phi) is 5.62. The zero-order valence-electron chi connectivity index (χ0n) is 12.7. The number of carbonyl (C=O) groups excluding carboxylic acids is 2. The molecule has 0 aliphatic heterocycles. The van der Waals surface area contributed by atoms with Gasteiger partial charge in [-0.25, -0.2) is 0 Å². The van der Waals surface area contributed by atoms with Crippen molar-refractivity contribution in [1.29, 1.82) is 0 Å². The van der Waals surface area contributed by atoms with Crippen LogP contribution in [-0.2, 0) is 9.59 Å². The minimum atomic E-state index is -1.17. The highest BCUT2D eigenvalue weighted by atomic mass is 28.3. The lowest BCUT2D eigenvalue weighted by molar-refractivity contribution is -0.117. The van der Waals surface area contributed by atoms with E-state index in [1.54, 1.807) is 6.92 Å². The maximum absolute atomic E-state index is 12.3. The molecule has 0 unspecified atom stereocenters. The van der Waals surface area contributed by atoms with Crippen LogP contribution in [0.4, 0.5) is 0 Å². The largest absolute Gasteiger partial charge is 0.392 e. The zero-order valence-corrected chi connectivity index (χ0v) is 13.7. The molecule has 0 atom stereocenters. The first-order valence-electron chi connectivity index (χ1n) is 6.95. The number of ketones is 2. The van der Waals surface area contributed by atoms with Crippen LogP contribution in [-0.4, -0.2) is 43.1 Å². The van der Waals surface area contributed by atoms with Gasteiger partial charge in [-0.15, -0.1) is 0 Å². The number of hydrogen-bond acceptors (Lipinski definition) is 4. The van der Waals surface area contributed by atoms with E-state index in [2.05, 4.69) is 19.6 Å². The molecular weight excluding hydrogens is 272 g/mol. The second-order valence-corrected chi connectivity index (χ2v) is 12.1. The molecule has 112 valence electrons. The number of carbonyl (C=O) groups is 2. The Morgan fingerprint density at radius 2 is 1.40 bits per heavy atom. The van der Waals surface area contributed by atoms with E-state index < -0.39 is 21.3 Å². The van der Waals surface area contributed by atoms with Gasteiger partial charge in [0.2, 0.25) is 0 Å². The van der Waals surface area contributed by atoms with E-state index in [4.69, 9.17) is 0 Å². The number of aliphatic hydroxyl groups excluding tert-OH is 2. The Bertz CT molecular complexity index is 481. The molecule has 2 N–H and O–H groups in total. The molecule has 5 heteroatoms. The molecule has 20 heavy (non-hydrogen) atoms. The quantitative estimate of drug-likeness (QED) is 0.579. The summed E-state index contributed by atoms with van der Waals surface area (Å²) in [5.41, 5.74) is 1.04. The van der Waals surface area contributed by atoms with Crippen LogP contribution in [0, 0.1) is 0 Å². The van der Waals surface area contributed by atoms with Crippen molar-refractivity contribution in [3.8, 4) is 0 Å². The van der Waals surface area contributed by atoms with Crippen molar-refractivity contribution < 1.29 is 19.8 Å². The van der Waals surface area contributed by atoms with E-state index in [0.717, 1.165) is 12.5 Å². The van der Waals surface area contributed by atoms with Gasteiger partial charge in [-0.3, -0.25) is 9.59 Å². The smallest absolute Gasteiger partial charge is 0.188 e. The summed E-state index contributed by atoms with van der Waals surface area (Å²) in [5.74, 6) is -0.580. The molecule has 0 spiro atoms.